The predicted octanol–water partition coefficient (Wildman–Crippen LogP) is 4.38. The summed E-state index contributed by atoms with van der Waals surface area (Å²) in [6.07, 6.45) is 8.90. The van der Waals surface area contributed by atoms with Crippen LogP contribution >= 0.6 is 7.82 Å². The molecule has 0 radical (unpaired) electrons. The number of carbonyl (C=O) groups excluding carboxylic acids is 1. The van der Waals surface area contributed by atoms with Crippen molar-refractivity contribution in [2.45, 2.75) is 197 Å². The molecule has 0 aromatic heterocycles. The van der Waals surface area contributed by atoms with Crippen molar-refractivity contribution in [1.29, 1.82) is 0 Å². The zero-order valence-electron chi connectivity index (χ0n) is 28.4. The Bertz CT molecular complexity index is 806. The Kier molecular flexibility index (Phi) is 23.9. The summed E-state index contributed by atoms with van der Waals surface area (Å²) in [5.41, 5.74) is 0. The Balaban J connectivity index is 2.61. The summed E-state index contributed by atoms with van der Waals surface area (Å²) in [6, 6.07) is -1.02. The molecular weight excluding hydrogens is 617 g/mol. The molecule has 1 aliphatic rings. The van der Waals surface area contributed by atoms with Crippen LogP contribution in [0.15, 0.2) is 0 Å². The normalized spacial score (nSPS) is 26.0. The van der Waals surface area contributed by atoms with E-state index in [1.54, 1.807) is 0 Å². The number of rotatable bonds is 28. The van der Waals surface area contributed by atoms with Crippen LogP contribution in [0.4, 0.5) is 0 Å². The fourth-order valence-electron chi connectivity index (χ4n) is 5.85. The van der Waals surface area contributed by atoms with Crippen molar-refractivity contribution in [2.24, 2.45) is 0 Å². The van der Waals surface area contributed by atoms with Gasteiger partial charge in [0.2, 0.25) is 5.91 Å². The van der Waals surface area contributed by atoms with Crippen molar-refractivity contribution in [1.82, 2.24) is 5.32 Å². The zero-order chi connectivity index (χ0) is 34.4. The third kappa shape index (κ3) is 18.2. The van der Waals surface area contributed by atoms with Gasteiger partial charge in [0.1, 0.15) is 36.6 Å². The number of carbonyl (C=O) groups is 1. The van der Waals surface area contributed by atoms with Gasteiger partial charge in [0.25, 0.3) is 0 Å². The first-order chi connectivity index (χ1) is 21.9. The number of aliphatic hydroxyl groups excluding tert-OH is 6. The van der Waals surface area contributed by atoms with Crippen molar-refractivity contribution >= 4 is 13.7 Å². The second-order valence-corrected chi connectivity index (χ2v) is 14.5. The third-order valence-corrected chi connectivity index (χ3v) is 9.90. The van der Waals surface area contributed by atoms with Crippen LogP contribution in [0.1, 0.15) is 149 Å². The second kappa shape index (κ2) is 25.3. The minimum Gasteiger partial charge on any atom is -0.391 e. The molecule has 9 atom stereocenters. The maximum atomic E-state index is 12.8. The van der Waals surface area contributed by atoms with Crippen LogP contribution in [0, 0.1) is 0 Å². The molecule has 13 heteroatoms. The van der Waals surface area contributed by atoms with Crippen LogP contribution < -0.4 is 5.32 Å². The molecule has 0 saturated heterocycles. The van der Waals surface area contributed by atoms with Gasteiger partial charge in [0.15, 0.2) is 0 Å². The van der Waals surface area contributed by atoms with E-state index in [1.165, 1.54) is 70.6 Å². The Labute approximate surface area is 276 Å². The molecule has 0 aromatic rings. The molecule has 1 rings (SSSR count). The highest BCUT2D eigenvalue weighted by atomic mass is 31.2. The topological polar surface area (TPSA) is 206 Å². The molecule has 0 bridgehead atoms. The lowest BCUT2D eigenvalue weighted by Gasteiger charge is -2.41. The Morgan fingerprint density at radius 1 is 0.652 bits per heavy atom. The van der Waals surface area contributed by atoms with Gasteiger partial charge < -0.3 is 40.8 Å². The van der Waals surface area contributed by atoms with Gasteiger partial charge in [-0.05, 0) is 12.8 Å². The molecule has 1 fully saturated rings. The summed E-state index contributed by atoms with van der Waals surface area (Å²) in [5.74, 6) is -0.314. The lowest BCUT2D eigenvalue weighted by Crippen LogP contribution is -2.64. The maximum absolute atomic E-state index is 12.8. The minimum atomic E-state index is -5.03. The number of hydrogen-bond donors (Lipinski definition) is 8. The van der Waals surface area contributed by atoms with Gasteiger partial charge in [-0.3, -0.25) is 13.8 Å². The molecule has 0 spiro atoms. The van der Waals surface area contributed by atoms with E-state index in [0.29, 0.717) is 19.3 Å². The highest BCUT2D eigenvalue weighted by Crippen LogP contribution is 2.47. The van der Waals surface area contributed by atoms with Gasteiger partial charge in [0.05, 0.1) is 18.8 Å². The molecule has 1 aliphatic carbocycles. The first-order valence-corrected chi connectivity index (χ1v) is 19.5. The van der Waals surface area contributed by atoms with Crippen molar-refractivity contribution in [3.8, 4) is 0 Å². The molecule has 0 aromatic carbocycles. The van der Waals surface area contributed by atoms with Gasteiger partial charge in [-0.1, -0.05) is 129 Å². The Morgan fingerprint density at radius 3 is 1.50 bits per heavy atom. The van der Waals surface area contributed by atoms with E-state index in [0.717, 1.165) is 38.5 Å². The summed E-state index contributed by atoms with van der Waals surface area (Å²) in [7, 11) is -5.03. The van der Waals surface area contributed by atoms with Crippen LogP contribution in [-0.4, -0.2) is 96.8 Å². The fraction of sp³-hybridized carbons (Fsp3) is 0.970. The summed E-state index contributed by atoms with van der Waals surface area (Å²) >= 11 is 0. The molecule has 0 heterocycles. The molecule has 12 nitrogen and oxygen atoms in total. The van der Waals surface area contributed by atoms with Crippen molar-refractivity contribution < 1.29 is 53.9 Å². The highest BCUT2D eigenvalue weighted by molar-refractivity contribution is 7.47. The lowest BCUT2D eigenvalue weighted by atomic mass is 9.85. The maximum Gasteiger partial charge on any atom is 0.472 e. The highest BCUT2D eigenvalue weighted by Gasteiger charge is 2.51. The largest absolute Gasteiger partial charge is 0.472 e. The predicted molar refractivity (Wildman–Crippen MR) is 177 cm³/mol. The second-order valence-electron chi connectivity index (χ2n) is 13.1. The summed E-state index contributed by atoms with van der Waals surface area (Å²) in [4.78, 5) is 23.1. The van der Waals surface area contributed by atoms with E-state index in [4.69, 9.17) is 9.05 Å². The molecule has 1 saturated carbocycles. The average Bonchev–Trinajstić information content (AvgIpc) is 3.03. The quantitative estimate of drug-likeness (QED) is 0.0429. The van der Waals surface area contributed by atoms with Crippen molar-refractivity contribution in [2.75, 3.05) is 6.61 Å². The molecule has 46 heavy (non-hydrogen) atoms. The van der Waals surface area contributed by atoms with E-state index >= 15 is 0 Å². The van der Waals surface area contributed by atoms with E-state index in [1.807, 2.05) is 0 Å². The number of phosphoric ester groups is 1. The standard InChI is InChI=1S/C33H66NO11P/c1-3-5-7-9-11-13-15-17-19-21-23-27(36)34-25(26(35)22-20-18-16-14-12-10-8-6-4-2)24-44-46(42,43)45-33-31(40)29(38)28(37)30(39)32(33)41/h25-26,28-33,35,37-41H,3-24H2,1-2H3,(H,34,36)(H,42,43)/t25-,26+,28?,29+,30?,31?,32?,33?/m0/s1. The average molecular weight is 684 g/mol. The van der Waals surface area contributed by atoms with Crippen molar-refractivity contribution in [3.63, 3.8) is 0 Å². The summed E-state index contributed by atoms with van der Waals surface area (Å²) in [5, 5.41) is 63.5. The van der Waals surface area contributed by atoms with Crippen LogP contribution in [0.25, 0.3) is 0 Å². The van der Waals surface area contributed by atoms with Crippen LogP contribution in [-0.2, 0) is 18.4 Å². The summed E-state index contributed by atoms with van der Waals surface area (Å²) < 4.78 is 22.7. The zero-order valence-corrected chi connectivity index (χ0v) is 29.3. The van der Waals surface area contributed by atoms with E-state index in [2.05, 4.69) is 19.2 Å². The first kappa shape index (κ1) is 43.4. The minimum absolute atomic E-state index is 0.240. The van der Waals surface area contributed by atoms with E-state index < -0.39 is 63.2 Å². The number of aliphatic hydroxyl groups is 6. The SMILES string of the molecule is CCCCCCCCCCCCC(=O)N[C@@H](COP(=O)(O)OC1C(O)C(O)C(O)[C@@H](O)C1O)[C@H](O)CCCCCCCCCCC. The fourth-order valence-corrected chi connectivity index (χ4v) is 6.81. The van der Waals surface area contributed by atoms with Gasteiger partial charge in [-0.15, -0.1) is 0 Å². The number of phosphoric acid groups is 1. The molecular formula is C33H66NO11P. The smallest absolute Gasteiger partial charge is 0.391 e. The van der Waals surface area contributed by atoms with E-state index in [9.17, 15) is 44.9 Å². The van der Waals surface area contributed by atoms with Gasteiger partial charge in [-0.2, -0.15) is 0 Å². The van der Waals surface area contributed by atoms with E-state index in [-0.39, 0.29) is 12.3 Å². The molecule has 274 valence electrons. The Hall–Kier alpha value is -0.660. The molecule has 6 unspecified atom stereocenters. The number of unbranched alkanes of at least 4 members (excludes halogenated alkanes) is 17. The number of nitrogens with one attached hydrogen (secondary N) is 1. The first-order valence-electron chi connectivity index (χ1n) is 18.0. The molecule has 1 amide bonds. The lowest BCUT2D eigenvalue weighted by molar-refractivity contribution is -0.220. The Morgan fingerprint density at radius 2 is 1.04 bits per heavy atom. The number of amides is 1. The van der Waals surface area contributed by atoms with Crippen molar-refractivity contribution in [3.05, 3.63) is 0 Å². The van der Waals surface area contributed by atoms with Gasteiger partial charge in [0, 0.05) is 6.42 Å². The monoisotopic (exact) mass is 683 g/mol. The van der Waals surface area contributed by atoms with Crippen LogP contribution in [0.3, 0.4) is 0 Å². The molecule has 8 N–H and O–H groups in total. The molecule has 0 aliphatic heterocycles. The van der Waals surface area contributed by atoms with Crippen LogP contribution in [0.5, 0.6) is 0 Å². The third-order valence-electron chi connectivity index (χ3n) is 8.92. The van der Waals surface area contributed by atoms with Gasteiger partial charge in [-0.25, -0.2) is 4.57 Å². The summed E-state index contributed by atoms with van der Waals surface area (Å²) in [6.45, 7) is 3.79. The van der Waals surface area contributed by atoms with Gasteiger partial charge >= 0.3 is 7.82 Å². The number of hydrogen-bond acceptors (Lipinski definition) is 10. The van der Waals surface area contributed by atoms with Crippen LogP contribution in [0.2, 0.25) is 0 Å².